The maximum Gasteiger partial charge on any atom is 0.261 e. The molecule has 2 N–H and O–H groups in total. The molecule has 0 aliphatic heterocycles. The van der Waals surface area contributed by atoms with E-state index in [1.807, 2.05) is 38.4 Å². The van der Waals surface area contributed by atoms with Gasteiger partial charge in [0.2, 0.25) is 10.0 Å². The summed E-state index contributed by atoms with van der Waals surface area (Å²) in [6, 6.07) is 11.7. The molecule has 26 heavy (non-hydrogen) atoms. The van der Waals surface area contributed by atoms with Gasteiger partial charge in [-0.25, -0.2) is 13.1 Å². The molecule has 142 valence electrons. The SMILES string of the molecule is CN(C)Cc1ccccc1CNC(=O)c1ccc(CCNS(C)(=O)=O)s1. The summed E-state index contributed by atoms with van der Waals surface area (Å²) in [5.74, 6) is -0.114. The molecule has 1 heterocycles. The van der Waals surface area contributed by atoms with Gasteiger partial charge in [-0.2, -0.15) is 0 Å². The zero-order valence-electron chi connectivity index (χ0n) is 15.3. The molecule has 1 aromatic carbocycles. The van der Waals surface area contributed by atoms with E-state index in [9.17, 15) is 13.2 Å². The van der Waals surface area contributed by atoms with Crippen molar-refractivity contribution in [3.05, 3.63) is 57.3 Å². The molecule has 0 unspecified atom stereocenters. The third-order valence-electron chi connectivity index (χ3n) is 3.67. The van der Waals surface area contributed by atoms with Gasteiger partial charge >= 0.3 is 0 Å². The number of thiophene rings is 1. The fraction of sp³-hybridized carbons (Fsp3) is 0.389. The number of hydrogen-bond acceptors (Lipinski definition) is 5. The molecule has 0 fully saturated rings. The predicted octanol–water partition coefficient (Wildman–Crippen LogP) is 1.83. The van der Waals surface area contributed by atoms with Crippen molar-refractivity contribution in [3.63, 3.8) is 0 Å². The Hall–Kier alpha value is -1.74. The van der Waals surface area contributed by atoms with Crippen molar-refractivity contribution < 1.29 is 13.2 Å². The highest BCUT2D eigenvalue weighted by molar-refractivity contribution is 7.88. The van der Waals surface area contributed by atoms with Crippen molar-refractivity contribution in [2.45, 2.75) is 19.5 Å². The van der Waals surface area contributed by atoms with E-state index in [2.05, 4.69) is 21.0 Å². The Morgan fingerprint density at radius 1 is 1.12 bits per heavy atom. The van der Waals surface area contributed by atoms with Crippen molar-refractivity contribution in [2.75, 3.05) is 26.9 Å². The molecule has 2 aromatic rings. The van der Waals surface area contributed by atoms with E-state index < -0.39 is 10.0 Å². The Labute approximate surface area is 159 Å². The molecule has 8 heteroatoms. The van der Waals surface area contributed by atoms with E-state index in [0.29, 0.717) is 24.4 Å². The molecule has 2 rings (SSSR count). The first-order valence-electron chi connectivity index (χ1n) is 8.27. The number of hydrogen-bond donors (Lipinski definition) is 2. The fourth-order valence-electron chi connectivity index (χ4n) is 2.48. The van der Waals surface area contributed by atoms with Crippen LogP contribution in [0.1, 0.15) is 25.7 Å². The highest BCUT2D eigenvalue weighted by Crippen LogP contribution is 2.17. The quantitative estimate of drug-likeness (QED) is 0.679. The number of carbonyl (C=O) groups excluding carboxylic acids is 1. The van der Waals surface area contributed by atoms with Crippen LogP contribution in [0.2, 0.25) is 0 Å². The van der Waals surface area contributed by atoms with Crippen molar-refractivity contribution in [2.24, 2.45) is 0 Å². The summed E-state index contributed by atoms with van der Waals surface area (Å²) in [5.41, 5.74) is 2.29. The maximum atomic E-state index is 12.4. The van der Waals surface area contributed by atoms with Crippen LogP contribution in [0, 0.1) is 0 Å². The summed E-state index contributed by atoms with van der Waals surface area (Å²) >= 11 is 1.39. The third kappa shape index (κ3) is 6.87. The largest absolute Gasteiger partial charge is 0.347 e. The van der Waals surface area contributed by atoms with Gasteiger partial charge in [0.15, 0.2) is 0 Å². The Kier molecular flexibility index (Phi) is 7.33. The lowest BCUT2D eigenvalue weighted by atomic mass is 10.1. The molecule has 0 aliphatic carbocycles. The second kappa shape index (κ2) is 9.27. The van der Waals surface area contributed by atoms with Gasteiger partial charge in [0, 0.05) is 24.5 Å². The minimum atomic E-state index is -3.18. The monoisotopic (exact) mass is 395 g/mol. The van der Waals surface area contributed by atoms with Gasteiger partial charge in [0.1, 0.15) is 0 Å². The second-order valence-corrected chi connectivity index (χ2v) is 9.37. The van der Waals surface area contributed by atoms with Gasteiger partial charge in [-0.1, -0.05) is 24.3 Å². The van der Waals surface area contributed by atoms with Crippen LogP contribution in [0.25, 0.3) is 0 Å². The van der Waals surface area contributed by atoms with E-state index in [0.717, 1.165) is 23.2 Å². The fourth-order valence-corrected chi connectivity index (χ4v) is 3.88. The Bertz CT molecular complexity index is 845. The van der Waals surface area contributed by atoms with Crippen LogP contribution >= 0.6 is 11.3 Å². The minimum Gasteiger partial charge on any atom is -0.347 e. The molecule has 6 nitrogen and oxygen atoms in total. The summed E-state index contributed by atoms with van der Waals surface area (Å²) in [6.07, 6.45) is 1.70. The average Bonchev–Trinajstić information content (AvgIpc) is 3.01. The number of rotatable bonds is 9. The van der Waals surface area contributed by atoms with E-state index >= 15 is 0 Å². The van der Waals surface area contributed by atoms with Crippen LogP contribution in [0.5, 0.6) is 0 Å². The summed E-state index contributed by atoms with van der Waals surface area (Å²) in [7, 11) is 0.846. The lowest BCUT2D eigenvalue weighted by Gasteiger charge is -2.14. The molecule has 0 aliphatic rings. The molecule has 0 spiro atoms. The second-order valence-electron chi connectivity index (χ2n) is 6.37. The summed E-state index contributed by atoms with van der Waals surface area (Å²) in [6.45, 7) is 1.63. The Morgan fingerprint density at radius 3 is 2.46 bits per heavy atom. The van der Waals surface area contributed by atoms with Crippen molar-refractivity contribution in [3.8, 4) is 0 Å². The van der Waals surface area contributed by atoms with Crippen LogP contribution in [-0.2, 0) is 29.5 Å². The zero-order chi connectivity index (χ0) is 19.2. The van der Waals surface area contributed by atoms with Gasteiger partial charge in [-0.05, 0) is 43.8 Å². The van der Waals surface area contributed by atoms with Gasteiger partial charge in [-0.3, -0.25) is 4.79 Å². The topological polar surface area (TPSA) is 78.5 Å². The molecule has 0 saturated heterocycles. The first-order valence-corrected chi connectivity index (χ1v) is 11.0. The van der Waals surface area contributed by atoms with Crippen molar-refractivity contribution in [1.82, 2.24) is 14.9 Å². The molecule has 0 saturated carbocycles. The van der Waals surface area contributed by atoms with E-state index in [1.165, 1.54) is 16.9 Å². The molecule has 1 amide bonds. The normalized spacial score (nSPS) is 11.7. The number of amides is 1. The van der Waals surface area contributed by atoms with Crippen LogP contribution in [0.15, 0.2) is 36.4 Å². The number of carbonyl (C=O) groups is 1. The van der Waals surface area contributed by atoms with E-state index in [1.54, 1.807) is 6.07 Å². The van der Waals surface area contributed by atoms with Crippen LogP contribution in [0.4, 0.5) is 0 Å². The molecular weight excluding hydrogens is 370 g/mol. The Balaban J connectivity index is 1.91. The lowest BCUT2D eigenvalue weighted by Crippen LogP contribution is -2.24. The van der Waals surface area contributed by atoms with Gasteiger partial charge < -0.3 is 10.2 Å². The van der Waals surface area contributed by atoms with Gasteiger partial charge in [-0.15, -0.1) is 11.3 Å². The third-order valence-corrected chi connectivity index (χ3v) is 5.54. The molecule has 0 radical (unpaired) electrons. The number of nitrogens with one attached hydrogen (secondary N) is 2. The van der Waals surface area contributed by atoms with Gasteiger partial charge in [0.25, 0.3) is 5.91 Å². The van der Waals surface area contributed by atoms with Gasteiger partial charge in [0.05, 0.1) is 11.1 Å². The molecule has 0 atom stereocenters. The highest BCUT2D eigenvalue weighted by atomic mass is 32.2. The number of nitrogens with zero attached hydrogens (tertiary/aromatic N) is 1. The van der Waals surface area contributed by atoms with E-state index in [-0.39, 0.29) is 5.91 Å². The maximum absolute atomic E-state index is 12.4. The van der Waals surface area contributed by atoms with Crippen LogP contribution in [0.3, 0.4) is 0 Å². The molecule has 1 aromatic heterocycles. The summed E-state index contributed by atoms with van der Waals surface area (Å²) < 4.78 is 24.6. The zero-order valence-corrected chi connectivity index (χ0v) is 16.9. The van der Waals surface area contributed by atoms with Crippen LogP contribution < -0.4 is 10.0 Å². The molecular formula is C18H25N3O3S2. The predicted molar refractivity (Wildman–Crippen MR) is 106 cm³/mol. The lowest BCUT2D eigenvalue weighted by molar-refractivity contribution is 0.0955. The standard InChI is InChI=1S/C18H25N3O3S2/c1-21(2)13-15-7-5-4-6-14(15)12-19-18(22)17-9-8-16(25-17)10-11-20-26(3,23)24/h4-9,20H,10-13H2,1-3H3,(H,19,22). The average molecular weight is 396 g/mol. The summed E-state index contributed by atoms with van der Waals surface area (Å²) in [5, 5.41) is 2.96. The highest BCUT2D eigenvalue weighted by Gasteiger charge is 2.11. The van der Waals surface area contributed by atoms with Crippen molar-refractivity contribution >= 4 is 27.3 Å². The number of benzene rings is 1. The van der Waals surface area contributed by atoms with E-state index in [4.69, 9.17) is 0 Å². The smallest absolute Gasteiger partial charge is 0.261 e. The minimum absolute atomic E-state index is 0.114. The molecule has 0 bridgehead atoms. The first kappa shape index (κ1) is 20.6. The van der Waals surface area contributed by atoms with Crippen molar-refractivity contribution in [1.29, 1.82) is 0 Å². The first-order chi connectivity index (χ1) is 12.2. The summed E-state index contributed by atoms with van der Waals surface area (Å²) in [4.78, 5) is 16.1. The van der Waals surface area contributed by atoms with Crippen LogP contribution in [-0.4, -0.2) is 46.1 Å². The Morgan fingerprint density at radius 2 is 1.81 bits per heavy atom. The number of sulfonamides is 1.